The second-order valence-electron chi connectivity index (χ2n) is 5.74. The minimum absolute atomic E-state index is 0.231. The molecule has 0 spiro atoms. The number of hydrogen-bond acceptors (Lipinski definition) is 4. The molecule has 1 aromatic rings. The molecule has 0 unspecified atom stereocenters. The van der Waals surface area contributed by atoms with Crippen molar-refractivity contribution in [2.75, 3.05) is 0 Å². The largest absolute Gasteiger partial charge is 0.444 e. The van der Waals surface area contributed by atoms with E-state index in [1.807, 2.05) is 6.07 Å². The van der Waals surface area contributed by atoms with Crippen LogP contribution in [0.25, 0.3) is 0 Å². The lowest BCUT2D eigenvalue weighted by atomic mass is 9.99. The number of rotatable bonds is 4. The Morgan fingerprint density at radius 1 is 1.30 bits per heavy atom. The Bertz CT molecular complexity index is 451. The predicted molar refractivity (Wildman–Crippen MR) is 76.2 cm³/mol. The Balaban J connectivity index is 2.71. The van der Waals surface area contributed by atoms with Crippen molar-refractivity contribution in [3.8, 4) is 0 Å². The van der Waals surface area contributed by atoms with Crippen LogP contribution in [0, 0.1) is 0 Å². The van der Waals surface area contributed by atoms with Gasteiger partial charge in [-0.3, -0.25) is 0 Å². The van der Waals surface area contributed by atoms with Crippen LogP contribution >= 0.6 is 0 Å². The zero-order chi connectivity index (χ0) is 15.3. The third-order valence-electron chi connectivity index (χ3n) is 2.65. The quantitative estimate of drug-likeness (QED) is 0.790. The molecule has 1 aromatic carbocycles. The average Bonchev–Trinajstić information content (AvgIpc) is 2.33. The van der Waals surface area contributed by atoms with E-state index in [1.165, 1.54) is 6.92 Å². The van der Waals surface area contributed by atoms with E-state index in [9.17, 15) is 15.0 Å². The van der Waals surface area contributed by atoms with Gasteiger partial charge in [-0.1, -0.05) is 24.3 Å². The third kappa shape index (κ3) is 5.19. The summed E-state index contributed by atoms with van der Waals surface area (Å²) in [6.07, 6.45) is -2.37. The van der Waals surface area contributed by atoms with Gasteiger partial charge in [0.2, 0.25) is 0 Å². The molecule has 20 heavy (non-hydrogen) atoms. The molecule has 2 atom stereocenters. The van der Waals surface area contributed by atoms with E-state index in [1.54, 1.807) is 39.0 Å². The number of carbonyl (C=O) groups is 1. The van der Waals surface area contributed by atoms with Gasteiger partial charge in [0.1, 0.15) is 11.7 Å². The number of aliphatic hydroxyl groups excluding tert-OH is 2. The lowest BCUT2D eigenvalue weighted by Crippen LogP contribution is -2.32. The summed E-state index contributed by atoms with van der Waals surface area (Å²) in [4.78, 5) is 11.6. The molecule has 0 bridgehead atoms. The minimum atomic E-state index is -0.980. The summed E-state index contributed by atoms with van der Waals surface area (Å²) in [5.74, 6) is 0. The van der Waals surface area contributed by atoms with Crippen molar-refractivity contribution in [3.05, 3.63) is 35.4 Å². The molecule has 0 radical (unpaired) electrons. The first-order valence-electron chi connectivity index (χ1n) is 6.61. The fourth-order valence-corrected chi connectivity index (χ4v) is 1.73. The molecule has 0 fully saturated rings. The van der Waals surface area contributed by atoms with E-state index in [-0.39, 0.29) is 6.54 Å². The smallest absolute Gasteiger partial charge is 0.407 e. The van der Waals surface area contributed by atoms with Crippen LogP contribution in [-0.4, -0.2) is 28.0 Å². The monoisotopic (exact) mass is 281 g/mol. The van der Waals surface area contributed by atoms with Crippen molar-refractivity contribution in [1.82, 2.24) is 5.32 Å². The van der Waals surface area contributed by atoms with Crippen molar-refractivity contribution in [3.63, 3.8) is 0 Å². The zero-order valence-corrected chi connectivity index (χ0v) is 12.4. The third-order valence-corrected chi connectivity index (χ3v) is 2.65. The number of alkyl carbamates (subject to hydrolysis) is 1. The number of aliphatic hydroxyl groups is 2. The van der Waals surface area contributed by atoms with Gasteiger partial charge in [0.05, 0.1) is 6.10 Å². The Hall–Kier alpha value is -1.59. The van der Waals surface area contributed by atoms with Gasteiger partial charge in [-0.2, -0.15) is 0 Å². The van der Waals surface area contributed by atoms with Crippen LogP contribution in [-0.2, 0) is 11.3 Å². The van der Waals surface area contributed by atoms with E-state index < -0.39 is 23.9 Å². The molecular formula is C15H23NO4. The van der Waals surface area contributed by atoms with Crippen LogP contribution in [0.5, 0.6) is 0 Å². The highest BCUT2D eigenvalue weighted by molar-refractivity contribution is 5.67. The number of ether oxygens (including phenoxy) is 1. The van der Waals surface area contributed by atoms with Gasteiger partial charge in [-0.15, -0.1) is 0 Å². The lowest BCUT2D eigenvalue weighted by molar-refractivity contribution is 0.0297. The van der Waals surface area contributed by atoms with Gasteiger partial charge in [0, 0.05) is 6.54 Å². The van der Waals surface area contributed by atoms with Crippen LogP contribution < -0.4 is 5.32 Å². The Labute approximate surface area is 119 Å². The number of carbonyl (C=O) groups excluding carboxylic acids is 1. The van der Waals surface area contributed by atoms with E-state index in [4.69, 9.17) is 4.74 Å². The Morgan fingerprint density at radius 3 is 2.45 bits per heavy atom. The van der Waals surface area contributed by atoms with Gasteiger partial charge >= 0.3 is 6.09 Å². The second kappa shape index (κ2) is 6.72. The fraction of sp³-hybridized carbons (Fsp3) is 0.533. The van der Waals surface area contributed by atoms with Crippen molar-refractivity contribution >= 4 is 6.09 Å². The number of amides is 1. The summed E-state index contributed by atoms with van der Waals surface area (Å²) in [5.41, 5.74) is 0.785. The Morgan fingerprint density at radius 2 is 1.90 bits per heavy atom. The molecule has 0 saturated carbocycles. The molecule has 0 saturated heterocycles. The molecule has 112 valence electrons. The molecule has 5 heteroatoms. The van der Waals surface area contributed by atoms with Gasteiger partial charge in [0.25, 0.3) is 0 Å². The van der Waals surface area contributed by atoms with Crippen LogP contribution in [0.1, 0.15) is 44.9 Å². The van der Waals surface area contributed by atoms with Crippen molar-refractivity contribution < 1.29 is 19.7 Å². The maximum Gasteiger partial charge on any atom is 0.407 e. The van der Waals surface area contributed by atoms with E-state index in [0.29, 0.717) is 5.56 Å². The highest BCUT2D eigenvalue weighted by Gasteiger charge is 2.19. The van der Waals surface area contributed by atoms with Gasteiger partial charge in [-0.05, 0) is 38.8 Å². The Kier molecular flexibility index (Phi) is 5.53. The van der Waals surface area contributed by atoms with Crippen molar-refractivity contribution in [1.29, 1.82) is 0 Å². The second-order valence-corrected chi connectivity index (χ2v) is 5.74. The maximum atomic E-state index is 11.6. The summed E-state index contributed by atoms with van der Waals surface area (Å²) in [6, 6.07) is 7.10. The molecule has 0 heterocycles. The molecule has 1 amide bonds. The van der Waals surface area contributed by atoms with E-state index in [0.717, 1.165) is 5.56 Å². The van der Waals surface area contributed by atoms with Gasteiger partial charge in [0.15, 0.2) is 0 Å². The van der Waals surface area contributed by atoms with Crippen LogP contribution in [0.3, 0.4) is 0 Å². The van der Waals surface area contributed by atoms with Crippen LogP contribution in [0.15, 0.2) is 24.3 Å². The molecule has 3 N–H and O–H groups in total. The minimum Gasteiger partial charge on any atom is -0.444 e. The normalized spacial score (nSPS) is 14.5. The van der Waals surface area contributed by atoms with Gasteiger partial charge < -0.3 is 20.3 Å². The lowest BCUT2D eigenvalue weighted by Gasteiger charge is -2.21. The van der Waals surface area contributed by atoms with E-state index in [2.05, 4.69) is 5.32 Å². The standard InChI is InChI=1S/C15H23NO4/c1-10(17)13(18)12-8-6-5-7-11(12)9-16-14(19)20-15(2,3)4/h5-8,10,13,17-18H,9H2,1-4H3,(H,16,19)/t10-,13+/m0/s1. The van der Waals surface area contributed by atoms with Crippen LogP contribution in [0.2, 0.25) is 0 Å². The summed E-state index contributed by atoms with van der Waals surface area (Å²) in [5, 5.41) is 22.0. The fourth-order valence-electron chi connectivity index (χ4n) is 1.73. The van der Waals surface area contributed by atoms with Crippen LogP contribution in [0.4, 0.5) is 4.79 Å². The predicted octanol–water partition coefficient (Wildman–Crippen LogP) is 2.13. The maximum absolute atomic E-state index is 11.6. The first kappa shape index (κ1) is 16.5. The first-order chi connectivity index (χ1) is 9.20. The molecule has 0 aliphatic carbocycles. The molecular weight excluding hydrogens is 258 g/mol. The van der Waals surface area contributed by atoms with E-state index >= 15 is 0 Å². The summed E-state index contributed by atoms with van der Waals surface area (Å²) < 4.78 is 5.15. The highest BCUT2D eigenvalue weighted by Crippen LogP contribution is 2.21. The number of hydrogen-bond donors (Lipinski definition) is 3. The first-order valence-corrected chi connectivity index (χ1v) is 6.61. The molecule has 0 aliphatic heterocycles. The molecule has 0 aromatic heterocycles. The molecule has 1 rings (SSSR count). The zero-order valence-electron chi connectivity index (χ0n) is 12.4. The number of benzene rings is 1. The summed E-state index contributed by atoms with van der Waals surface area (Å²) >= 11 is 0. The average molecular weight is 281 g/mol. The topological polar surface area (TPSA) is 78.8 Å². The number of nitrogens with one attached hydrogen (secondary N) is 1. The SMILES string of the molecule is C[C@H](O)[C@@H](O)c1ccccc1CNC(=O)OC(C)(C)C. The van der Waals surface area contributed by atoms with Crippen molar-refractivity contribution in [2.24, 2.45) is 0 Å². The summed E-state index contributed by atoms with van der Waals surface area (Å²) in [7, 11) is 0. The van der Waals surface area contributed by atoms with Gasteiger partial charge in [-0.25, -0.2) is 4.79 Å². The highest BCUT2D eigenvalue weighted by atomic mass is 16.6. The molecule has 5 nitrogen and oxygen atoms in total. The molecule has 0 aliphatic rings. The van der Waals surface area contributed by atoms with Crippen molar-refractivity contribution in [2.45, 2.75) is 52.0 Å². The summed E-state index contributed by atoms with van der Waals surface area (Å²) in [6.45, 7) is 7.12.